The van der Waals surface area contributed by atoms with Gasteiger partial charge < -0.3 is 21.0 Å². The van der Waals surface area contributed by atoms with Gasteiger partial charge in [-0.3, -0.25) is 0 Å². The predicted octanol–water partition coefficient (Wildman–Crippen LogP) is 1.57. The number of rotatable bonds is 9. The van der Waals surface area contributed by atoms with Gasteiger partial charge in [0.2, 0.25) is 0 Å². The van der Waals surface area contributed by atoms with Crippen molar-refractivity contribution in [3.05, 3.63) is 30.3 Å². The van der Waals surface area contributed by atoms with Gasteiger partial charge in [-0.05, 0) is 31.5 Å². The van der Waals surface area contributed by atoms with E-state index in [1.807, 2.05) is 30.3 Å². The van der Waals surface area contributed by atoms with Gasteiger partial charge in [0, 0.05) is 13.0 Å². The van der Waals surface area contributed by atoms with E-state index in [2.05, 4.69) is 10.5 Å². The van der Waals surface area contributed by atoms with Crippen molar-refractivity contribution in [1.82, 2.24) is 5.32 Å². The summed E-state index contributed by atoms with van der Waals surface area (Å²) in [5, 5.41) is 14.5. The molecule has 100 valence electrons. The molecule has 1 aromatic rings. The fraction of sp³-hybridized carbons (Fsp3) is 0.462. The number of ether oxygens (including phenoxy) is 1. The summed E-state index contributed by atoms with van der Waals surface area (Å²) in [6, 6.07) is 9.76. The highest BCUT2D eigenvalue weighted by Gasteiger charge is 1.94. The van der Waals surface area contributed by atoms with Crippen LogP contribution < -0.4 is 15.8 Å². The second kappa shape index (κ2) is 9.30. The molecule has 0 aliphatic heterocycles. The maximum absolute atomic E-state index is 8.35. The predicted molar refractivity (Wildman–Crippen MR) is 72.1 cm³/mol. The molecule has 0 bridgehead atoms. The molecule has 4 N–H and O–H groups in total. The van der Waals surface area contributed by atoms with Crippen LogP contribution in [0.5, 0.6) is 5.75 Å². The first-order valence-corrected chi connectivity index (χ1v) is 6.18. The van der Waals surface area contributed by atoms with E-state index in [0.717, 1.165) is 31.7 Å². The first-order valence-electron chi connectivity index (χ1n) is 6.18. The van der Waals surface area contributed by atoms with E-state index in [0.29, 0.717) is 18.9 Å². The number of amidine groups is 1. The van der Waals surface area contributed by atoms with Crippen LogP contribution in [0.25, 0.3) is 0 Å². The summed E-state index contributed by atoms with van der Waals surface area (Å²) in [7, 11) is 0. The highest BCUT2D eigenvalue weighted by atomic mass is 16.5. The van der Waals surface area contributed by atoms with Crippen LogP contribution in [0.15, 0.2) is 35.5 Å². The fourth-order valence-electron chi connectivity index (χ4n) is 1.49. The van der Waals surface area contributed by atoms with Crippen LogP contribution in [0.4, 0.5) is 0 Å². The zero-order valence-electron chi connectivity index (χ0n) is 10.5. The van der Waals surface area contributed by atoms with E-state index >= 15 is 0 Å². The van der Waals surface area contributed by atoms with Crippen molar-refractivity contribution in [2.45, 2.75) is 19.3 Å². The number of hydrogen-bond acceptors (Lipinski definition) is 4. The molecule has 0 saturated carbocycles. The lowest BCUT2D eigenvalue weighted by atomic mass is 10.2. The van der Waals surface area contributed by atoms with Crippen molar-refractivity contribution < 1.29 is 9.94 Å². The van der Waals surface area contributed by atoms with Gasteiger partial charge in [-0.25, -0.2) is 0 Å². The first-order chi connectivity index (χ1) is 8.83. The van der Waals surface area contributed by atoms with Crippen molar-refractivity contribution in [1.29, 1.82) is 0 Å². The molecule has 0 saturated heterocycles. The molecule has 0 fully saturated rings. The molecule has 0 spiro atoms. The molecule has 0 heterocycles. The highest BCUT2D eigenvalue weighted by Crippen LogP contribution is 2.07. The second-order valence-corrected chi connectivity index (χ2v) is 3.96. The Kier molecular flexibility index (Phi) is 7.39. The average molecular weight is 251 g/mol. The number of para-hydroxylation sites is 1. The van der Waals surface area contributed by atoms with Crippen LogP contribution in [0.1, 0.15) is 19.3 Å². The Bertz CT molecular complexity index is 341. The van der Waals surface area contributed by atoms with Gasteiger partial charge in [-0.1, -0.05) is 23.4 Å². The summed E-state index contributed by atoms with van der Waals surface area (Å²) in [5.74, 6) is 1.19. The van der Waals surface area contributed by atoms with E-state index in [9.17, 15) is 0 Å². The largest absolute Gasteiger partial charge is 0.492 e. The van der Waals surface area contributed by atoms with Gasteiger partial charge in [0.05, 0.1) is 0 Å². The van der Waals surface area contributed by atoms with Gasteiger partial charge in [0.25, 0.3) is 0 Å². The SMILES string of the molecule is NC(CCCCNCCOc1ccccc1)=NO. The highest BCUT2D eigenvalue weighted by molar-refractivity contribution is 5.79. The van der Waals surface area contributed by atoms with Gasteiger partial charge >= 0.3 is 0 Å². The summed E-state index contributed by atoms with van der Waals surface area (Å²) in [6.07, 6.45) is 2.56. The smallest absolute Gasteiger partial charge is 0.139 e. The Labute approximate surface area is 108 Å². The molecule has 1 rings (SSSR count). The molecule has 0 amide bonds. The molecule has 5 nitrogen and oxygen atoms in total. The van der Waals surface area contributed by atoms with Crippen molar-refractivity contribution in [3.63, 3.8) is 0 Å². The minimum Gasteiger partial charge on any atom is -0.492 e. The first kappa shape index (κ1) is 14.3. The number of hydrogen-bond donors (Lipinski definition) is 3. The number of benzene rings is 1. The Morgan fingerprint density at radius 2 is 2.00 bits per heavy atom. The zero-order valence-corrected chi connectivity index (χ0v) is 10.5. The van der Waals surface area contributed by atoms with E-state index in [1.54, 1.807) is 0 Å². The monoisotopic (exact) mass is 251 g/mol. The summed E-state index contributed by atoms with van der Waals surface area (Å²) in [4.78, 5) is 0. The molecule has 18 heavy (non-hydrogen) atoms. The van der Waals surface area contributed by atoms with Crippen molar-refractivity contribution in [2.75, 3.05) is 19.7 Å². The van der Waals surface area contributed by atoms with E-state index in [1.165, 1.54) is 0 Å². The van der Waals surface area contributed by atoms with Gasteiger partial charge in [0.1, 0.15) is 18.2 Å². The number of nitrogens with zero attached hydrogens (tertiary/aromatic N) is 1. The molecule has 0 aromatic heterocycles. The van der Waals surface area contributed by atoms with Gasteiger partial charge in [-0.15, -0.1) is 0 Å². The molecule has 0 atom stereocenters. The minimum atomic E-state index is 0.294. The lowest BCUT2D eigenvalue weighted by molar-refractivity contribution is 0.313. The van der Waals surface area contributed by atoms with Crippen LogP contribution in [0, 0.1) is 0 Å². The van der Waals surface area contributed by atoms with Crippen LogP contribution in [-0.4, -0.2) is 30.7 Å². The second-order valence-electron chi connectivity index (χ2n) is 3.96. The van der Waals surface area contributed by atoms with Crippen molar-refractivity contribution >= 4 is 5.84 Å². The fourth-order valence-corrected chi connectivity index (χ4v) is 1.49. The summed E-state index contributed by atoms with van der Waals surface area (Å²) in [5.41, 5.74) is 5.36. The maximum atomic E-state index is 8.35. The Morgan fingerprint density at radius 3 is 2.72 bits per heavy atom. The summed E-state index contributed by atoms with van der Waals surface area (Å²) < 4.78 is 5.53. The van der Waals surface area contributed by atoms with Crippen LogP contribution in [0.2, 0.25) is 0 Å². The number of unbranched alkanes of at least 4 members (excludes halogenated alkanes) is 1. The molecule has 0 aliphatic rings. The van der Waals surface area contributed by atoms with Crippen LogP contribution in [0.3, 0.4) is 0 Å². The molecular formula is C13H21N3O2. The van der Waals surface area contributed by atoms with Crippen LogP contribution >= 0.6 is 0 Å². The van der Waals surface area contributed by atoms with Crippen molar-refractivity contribution in [3.8, 4) is 5.75 Å². The molecule has 0 radical (unpaired) electrons. The Morgan fingerprint density at radius 1 is 1.22 bits per heavy atom. The third kappa shape index (κ3) is 6.75. The van der Waals surface area contributed by atoms with Crippen molar-refractivity contribution in [2.24, 2.45) is 10.9 Å². The normalized spacial score (nSPS) is 11.4. The lowest BCUT2D eigenvalue weighted by Gasteiger charge is -2.07. The Balaban J connectivity index is 1.90. The molecule has 1 aromatic carbocycles. The Hall–Kier alpha value is -1.75. The quantitative estimate of drug-likeness (QED) is 0.205. The summed E-state index contributed by atoms with van der Waals surface area (Å²) in [6.45, 7) is 2.39. The maximum Gasteiger partial charge on any atom is 0.139 e. The standard InChI is InChI=1S/C13H21N3O2/c14-13(16-17)8-4-5-9-15-10-11-18-12-6-2-1-3-7-12/h1-3,6-7,15,17H,4-5,8-11H2,(H2,14,16). The lowest BCUT2D eigenvalue weighted by Crippen LogP contribution is -2.22. The van der Waals surface area contributed by atoms with E-state index in [4.69, 9.17) is 15.7 Å². The number of nitrogens with one attached hydrogen (secondary N) is 1. The zero-order chi connectivity index (χ0) is 13.1. The molecule has 5 heteroatoms. The van der Waals surface area contributed by atoms with Gasteiger partial charge in [0.15, 0.2) is 0 Å². The van der Waals surface area contributed by atoms with Crippen LogP contribution in [-0.2, 0) is 0 Å². The van der Waals surface area contributed by atoms with E-state index in [-0.39, 0.29) is 0 Å². The van der Waals surface area contributed by atoms with E-state index < -0.39 is 0 Å². The topological polar surface area (TPSA) is 79.9 Å². The van der Waals surface area contributed by atoms with Gasteiger partial charge in [-0.2, -0.15) is 0 Å². The summed E-state index contributed by atoms with van der Waals surface area (Å²) >= 11 is 0. The molecule has 0 unspecified atom stereocenters. The minimum absolute atomic E-state index is 0.294. The third-order valence-electron chi connectivity index (χ3n) is 2.46. The number of nitrogens with two attached hydrogens (primary N) is 1. The molecule has 0 aliphatic carbocycles. The third-order valence-corrected chi connectivity index (χ3v) is 2.46. The average Bonchev–Trinajstić information content (AvgIpc) is 2.42. The number of oxime groups is 1. The molecular weight excluding hydrogens is 230 g/mol.